The molecule has 2 heterocycles. The van der Waals surface area contributed by atoms with Crippen molar-refractivity contribution in [3.8, 4) is 0 Å². The number of hydrogen-bond donors (Lipinski definition) is 0. The number of rotatable bonds is 3. The van der Waals surface area contributed by atoms with Crippen molar-refractivity contribution in [2.24, 2.45) is 0 Å². The van der Waals surface area contributed by atoms with Gasteiger partial charge in [0.05, 0.1) is 5.69 Å². The van der Waals surface area contributed by atoms with Gasteiger partial charge in [-0.1, -0.05) is 6.07 Å². The zero-order valence-corrected chi connectivity index (χ0v) is 9.71. The van der Waals surface area contributed by atoms with E-state index in [9.17, 15) is 4.79 Å². The number of furan rings is 1. The number of pyridine rings is 1. The molecule has 2 aromatic heterocycles. The Morgan fingerprint density at radius 3 is 2.76 bits per heavy atom. The number of nitrogens with zero attached hydrogens (tertiary/aromatic N) is 1. The van der Waals surface area contributed by atoms with Gasteiger partial charge in [-0.2, -0.15) is 0 Å². The highest BCUT2D eigenvalue weighted by molar-refractivity contribution is 5.86. The maximum absolute atomic E-state index is 11.7. The summed E-state index contributed by atoms with van der Waals surface area (Å²) in [5.74, 6) is 0.420. The summed E-state index contributed by atoms with van der Waals surface area (Å²) in [6.45, 7) is 3.55. The van der Waals surface area contributed by atoms with Crippen molar-refractivity contribution in [3.63, 3.8) is 0 Å². The Kier molecular flexibility index (Phi) is 3.23. The molecule has 0 aliphatic carbocycles. The lowest BCUT2D eigenvalue weighted by Gasteiger charge is -2.11. The van der Waals surface area contributed by atoms with Gasteiger partial charge in [0, 0.05) is 6.20 Å². The highest BCUT2D eigenvalue weighted by atomic mass is 16.6. The Morgan fingerprint density at radius 1 is 1.35 bits per heavy atom. The highest BCUT2D eigenvalue weighted by Gasteiger charge is 2.16. The average Bonchev–Trinajstić information content (AvgIpc) is 2.77. The molecule has 1 atom stereocenters. The van der Waals surface area contributed by atoms with Crippen LogP contribution in [0, 0.1) is 6.92 Å². The third kappa shape index (κ3) is 2.72. The maximum atomic E-state index is 11.7. The second-order valence-corrected chi connectivity index (χ2v) is 3.71. The summed E-state index contributed by atoms with van der Waals surface area (Å²) in [5.41, 5.74) is 0.712. The van der Waals surface area contributed by atoms with Gasteiger partial charge in [0.1, 0.15) is 11.9 Å². The Bertz CT molecular complexity index is 504. The molecule has 0 N–H and O–H groups in total. The largest absolute Gasteiger partial charge is 0.454 e. The lowest BCUT2D eigenvalue weighted by molar-refractivity contribution is 0.0291. The Morgan fingerprint density at radius 2 is 2.18 bits per heavy atom. The second kappa shape index (κ2) is 4.82. The Labute approximate surface area is 99.2 Å². The van der Waals surface area contributed by atoms with Crippen LogP contribution in [-0.2, 0) is 4.74 Å². The predicted octanol–water partition coefficient (Wildman–Crippen LogP) is 2.90. The van der Waals surface area contributed by atoms with Crippen LogP contribution in [0.15, 0.2) is 40.9 Å². The third-order valence-electron chi connectivity index (χ3n) is 2.33. The number of carbonyl (C=O) groups is 1. The molecule has 0 saturated carbocycles. The van der Waals surface area contributed by atoms with Gasteiger partial charge in [-0.05, 0) is 38.1 Å². The molecular weight excluding hydrogens is 218 g/mol. The van der Waals surface area contributed by atoms with E-state index in [1.165, 1.54) is 0 Å². The monoisotopic (exact) mass is 231 g/mol. The van der Waals surface area contributed by atoms with Crippen molar-refractivity contribution in [2.45, 2.75) is 20.0 Å². The van der Waals surface area contributed by atoms with Crippen LogP contribution in [0.3, 0.4) is 0 Å². The minimum atomic E-state index is -0.476. The molecule has 0 aliphatic heterocycles. The molecule has 0 radical (unpaired) electrons. The molecule has 0 unspecified atom stereocenters. The fourth-order valence-electron chi connectivity index (χ4n) is 1.44. The average molecular weight is 231 g/mol. The summed E-state index contributed by atoms with van der Waals surface area (Å²) < 4.78 is 10.4. The standard InChI is InChI=1S/C13H13NO3/c1-9-6-7-12(16-9)13(15)17-10(2)11-5-3-4-8-14-11/h3-8,10H,1-2H3/t10-/m0/s1. The van der Waals surface area contributed by atoms with Gasteiger partial charge in [-0.15, -0.1) is 0 Å². The van der Waals surface area contributed by atoms with E-state index < -0.39 is 12.1 Å². The van der Waals surface area contributed by atoms with Crippen LogP contribution >= 0.6 is 0 Å². The molecule has 2 aromatic rings. The zero-order valence-electron chi connectivity index (χ0n) is 9.71. The smallest absolute Gasteiger partial charge is 0.374 e. The summed E-state index contributed by atoms with van der Waals surface area (Å²) in [6, 6.07) is 8.80. The zero-order chi connectivity index (χ0) is 12.3. The molecule has 0 aliphatic rings. The van der Waals surface area contributed by atoms with E-state index in [0.29, 0.717) is 11.5 Å². The van der Waals surface area contributed by atoms with Crippen LogP contribution < -0.4 is 0 Å². The first kappa shape index (κ1) is 11.4. The molecule has 0 amide bonds. The van der Waals surface area contributed by atoms with E-state index >= 15 is 0 Å². The van der Waals surface area contributed by atoms with Crippen molar-refractivity contribution in [2.75, 3.05) is 0 Å². The minimum Gasteiger partial charge on any atom is -0.454 e. The summed E-state index contributed by atoms with van der Waals surface area (Å²) in [7, 11) is 0. The molecule has 4 nitrogen and oxygen atoms in total. The van der Waals surface area contributed by atoms with E-state index in [4.69, 9.17) is 9.15 Å². The lowest BCUT2D eigenvalue weighted by atomic mass is 10.2. The summed E-state index contributed by atoms with van der Waals surface area (Å²) in [6.07, 6.45) is 1.27. The van der Waals surface area contributed by atoms with Crippen LogP contribution in [-0.4, -0.2) is 11.0 Å². The molecule has 0 aromatic carbocycles. The lowest BCUT2D eigenvalue weighted by Crippen LogP contribution is -2.09. The molecule has 0 saturated heterocycles. The maximum Gasteiger partial charge on any atom is 0.374 e. The number of aryl methyl sites for hydroxylation is 1. The molecule has 0 bridgehead atoms. The van der Waals surface area contributed by atoms with Crippen LogP contribution in [0.25, 0.3) is 0 Å². The fourth-order valence-corrected chi connectivity index (χ4v) is 1.44. The first-order valence-corrected chi connectivity index (χ1v) is 5.35. The first-order valence-electron chi connectivity index (χ1n) is 5.35. The van der Waals surface area contributed by atoms with Gasteiger partial charge in [-0.3, -0.25) is 4.98 Å². The van der Waals surface area contributed by atoms with Crippen molar-refractivity contribution in [1.29, 1.82) is 0 Å². The van der Waals surface area contributed by atoms with Crippen LogP contribution in [0.5, 0.6) is 0 Å². The van der Waals surface area contributed by atoms with Gasteiger partial charge < -0.3 is 9.15 Å². The van der Waals surface area contributed by atoms with Crippen molar-refractivity contribution in [3.05, 3.63) is 53.7 Å². The van der Waals surface area contributed by atoms with Crippen molar-refractivity contribution >= 4 is 5.97 Å². The first-order chi connectivity index (χ1) is 8.16. The number of ether oxygens (including phenoxy) is 1. The fraction of sp³-hybridized carbons (Fsp3) is 0.231. The van der Waals surface area contributed by atoms with E-state index in [1.807, 2.05) is 18.2 Å². The van der Waals surface area contributed by atoms with Crippen LogP contribution in [0.4, 0.5) is 0 Å². The van der Waals surface area contributed by atoms with E-state index in [1.54, 1.807) is 32.2 Å². The molecule has 4 heteroatoms. The second-order valence-electron chi connectivity index (χ2n) is 3.71. The quantitative estimate of drug-likeness (QED) is 0.762. The van der Waals surface area contributed by atoms with Crippen LogP contribution in [0.2, 0.25) is 0 Å². The number of esters is 1. The Hall–Kier alpha value is -2.10. The van der Waals surface area contributed by atoms with E-state index in [0.717, 1.165) is 0 Å². The predicted molar refractivity (Wildman–Crippen MR) is 61.5 cm³/mol. The molecule has 17 heavy (non-hydrogen) atoms. The molecule has 88 valence electrons. The van der Waals surface area contributed by atoms with Crippen LogP contribution in [0.1, 0.15) is 35.0 Å². The van der Waals surface area contributed by atoms with Gasteiger partial charge >= 0.3 is 5.97 Å². The van der Waals surface area contributed by atoms with Crippen molar-refractivity contribution < 1.29 is 13.9 Å². The highest BCUT2D eigenvalue weighted by Crippen LogP contribution is 2.17. The minimum absolute atomic E-state index is 0.213. The number of aromatic nitrogens is 1. The van der Waals surface area contributed by atoms with E-state index in [2.05, 4.69) is 4.98 Å². The van der Waals surface area contributed by atoms with Crippen molar-refractivity contribution in [1.82, 2.24) is 4.98 Å². The summed E-state index contributed by atoms with van der Waals surface area (Å²) >= 11 is 0. The topological polar surface area (TPSA) is 52.3 Å². The van der Waals surface area contributed by atoms with Gasteiger partial charge in [-0.25, -0.2) is 4.79 Å². The molecule has 0 spiro atoms. The summed E-state index contributed by atoms with van der Waals surface area (Å²) in [5, 5.41) is 0. The number of hydrogen-bond acceptors (Lipinski definition) is 4. The molecule has 2 rings (SSSR count). The SMILES string of the molecule is Cc1ccc(C(=O)O[C@@H](C)c2ccccn2)o1. The molecular formula is C13H13NO3. The Balaban J connectivity index is 2.04. The van der Waals surface area contributed by atoms with Gasteiger partial charge in [0.15, 0.2) is 0 Å². The van der Waals surface area contributed by atoms with Gasteiger partial charge in [0.25, 0.3) is 0 Å². The van der Waals surface area contributed by atoms with E-state index in [-0.39, 0.29) is 5.76 Å². The molecule has 0 fully saturated rings. The van der Waals surface area contributed by atoms with Gasteiger partial charge in [0.2, 0.25) is 5.76 Å². The normalized spacial score (nSPS) is 12.1. The summed E-state index contributed by atoms with van der Waals surface area (Å²) in [4.78, 5) is 15.8. The number of carbonyl (C=O) groups excluding carboxylic acids is 1. The third-order valence-corrected chi connectivity index (χ3v) is 2.33.